The molecule has 0 aromatic heterocycles. The van der Waals surface area contributed by atoms with Crippen LogP contribution in [0.5, 0.6) is 5.75 Å². The van der Waals surface area contributed by atoms with Gasteiger partial charge in [0.25, 0.3) is 0 Å². The van der Waals surface area contributed by atoms with Gasteiger partial charge >= 0.3 is 0 Å². The maximum absolute atomic E-state index is 5.33. The van der Waals surface area contributed by atoms with E-state index in [0.29, 0.717) is 6.04 Å². The Morgan fingerprint density at radius 1 is 1.35 bits per heavy atom. The monoisotopic (exact) mass is 276 g/mol. The highest BCUT2D eigenvalue weighted by molar-refractivity contribution is 5.30. The lowest BCUT2D eigenvalue weighted by atomic mass is 9.92. The summed E-state index contributed by atoms with van der Waals surface area (Å²) in [6, 6.07) is 8.96. The van der Waals surface area contributed by atoms with Crippen molar-refractivity contribution in [1.29, 1.82) is 0 Å². The van der Waals surface area contributed by atoms with E-state index in [4.69, 9.17) is 4.74 Å². The summed E-state index contributed by atoms with van der Waals surface area (Å²) in [5.74, 6) is 1.86. The Labute approximate surface area is 123 Å². The lowest BCUT2D eigenvalue weighted by Crippen LogP contribution is -2.36. The summed E-state index contributed by atoms with van der Waals surface area (Å²) in [6.45, 7) is 5.89. The predicted octanol–water partition coefficient (Wildman–Crippen LogP) is 3.08. The smallest absolute Gasteiger partial charge is 0.119 e. The van der Waals surface area contributed by atoms with E-state index in [1.807, 2.05) is 13.1 Å². The zero-order valence-corrected chi connectivity index (χ0v) is 13.1. The van der Waals surface area contributed by atoms with Gasteiger partial charge in [0.05, 0.1) is 7.11 Å². The Kier molecular flexibility index (Phi) is 5.86. The van der Waals surface area contributed by atoms with Gasteiger partial charge in [-0.2, -0.15) is 0 Å². The second-order valence-electron chi connectivity index (χ2n) is 5.82. The van der Waals surface area contributed by atoms with Crippen LogP contribution in [0.25, 0.3) is 0 Å². The number of nitrogens with zero attached hydrogens (tertiary/aromatic N) is 1. The van der Waals surface area contributed by atoms with Gasteiger partial charge in [0.1, 0.15) is 5.75 Å². The summed E-state index contributed by atoms with van der Waals surface area (Å²) in [5, 5.41) is 3.26. The van der Waals surface area contributed by atoms with E-state index in [0.717, 1.165) is 18.2 Å². The topological polar surface area (TPSA) is 24.5 Å². The number of ether oxygens (including phenoxy) is 1. The van der Waals surface area contributed by atoms with Crippen molar-refractivity contribution >= 4 is 0 Å². The summed E-state index contributed by atoms with van der Waals surface area (Å²) in [7, 11) is 3.77. The second kappa shape index (κ2) is 7.65. The van der Waals surface area contributed by atoms with Gasteiger partial charge in [-0.1, -0.05) is 12.1 Å². The molecule has 1 unspecified atom stereocenters. The largest absolute Gasteiger partial charge is 0.497 e. The van der Waals surface area contributed by atoms with Gasteiger partial charge in [0.2, 0.25) is 0 Å². The van der Waals surface area contributed by atoms with E-state index < -0.39 is 0 Å². The van der Waals surface area contributed by atoms with Crippen molar-refractivity contribution in [3.8, 4) is 5.75 Å². The summed E-state index contributed by atoms with van der Waals surface area (Å²) >= 11 is 0. The third-order valence-corrected chi connectivity index (χ3v) is 4.58. The molecular weight excluding hydrogens is 248 g/mol. The number of hydrogen-bond donors (Lipinski definition) is 1. The first kappa shape index (κ1) is 15.3. The molecule has 0 radical (unpaired) electrons. The van der Waals surface area contributed by atoms with Crippen LogP contribution in [0.15, 0.2) is 24.3 Å². The molecule has 1 atom stereocenters. The quantitative estimate of drug-likeness (QED) is 0.864. The van der Waals surface area contributed by atoms with Crippen molar-refractivity contribution in [1.82, 2.24) is 10.2 Å². The molecule has 0 bridgehead atoms. The molecule has 1 aromatic rings. The molecule has 1 aromatic carbocycles. The van der Waals surface area contributed by atoms with Crippen LogP contribution in [0, 0.1) is 5.92 Å². The normalized spacial score (nSPS) is 18.9. The fraction of sp³-hybridized carbons (Fsp3) is 0.647. The molecule has 2 rings (SSSR count). The van der Waals surface area contributed by atoms with Crippen LogP contribution >= 0.6 is 0 Å². The zero-order chi connectivity index (χ0) is 14.4. The third kappa shape index (κ3) is 3.97. The molecule has 20 heavy (non-hydrogen) atoms. The molecule has 1 aliphatic heterocycles. The first-order valence-corrected chi connectivity index (χ1v) is 7.77. The van der Waals surface area contributed by atoms with Gasteiger partial charge in [-0.25, -0.2) is 0 Å². The minimum absolute atomic E-state index is 0.482. The van der Waals surface area contributed by atoms with Crippen LogP contribution < -0.4 is 10.1 Å². The first-order chi connectivity index (χ1) is 9.74. The molecule has 0 spiro atoms. The van der Waals surface area contributed by atoms with Gasteiger partial charge in [-0.05, 0) is 76.5 Å². The van der Waals surface area contributed by atoms with E-state index in [-0.39, 0.29) is 0 Å². The number of nitrogens with one attached hydrogen (secondary N) is 1. The lowest BCUT2D eigenvalue weighted by Gasteiger charge is -2.36. The summed E-state index contributed by atoms with van der Waals surface area (Å²) in [5.41, 5.74) is 1.36. The molecule has 1 saturated heterocycles. The highest BCUT2D eigenvalue weighted by atomic mass is 16.5. The molecule has 3 heteroatoms. The predicted molar refractivity (Wildman–Crippen MR) is 84.2 cm³/mol. The van der Waals surface area contributed by atoms with E-state index >= 15 is 0 Å². The van der Waals surface area contributed by atoms with Crippen LogP contribution in [-0.4, -0.2) is 38.7 Å². The number of benzene rings is 1. The highest BCUT2D eigenvalue weighted by Gasteiger charge is 2.23. The van der Waals surface area contributed by atoms with E-state index in [2.05, 4.69) is 35.3 Å². The molecule has 1 fully saturated rings. The highest BCUT2D eigenvalue weighted by Crippen LogP contribution is 2.29. The van der Waals surface area contributed by atoms with Gasteiger partial charge in [0.15, 0.2) is 0 Å². The molecule has 1 N–H and O–H groups in total. The summed E-state index contributed by atoms with van der Waals surface area (Å²) < 4.78 is 5.33. The average Bonchev–Trinajstić information content (AvgIpc) is 2.52. The molecule has 112 valence electrons. The fourth-order valence-corrected chi connectivity index (χ4v) is 3.09. The molecule has 1 aliphatic rings. The molecule has 0 aliphatic carbocycles. The fourth-order valence-electron chi connectivity index (χ4n) is 3.09. The Morgan fingerprint density at radius 3 is 2.75 bits per heavy atom. The van der Waals surface area contributed by atoms with Crippen LogP contribution in [-0.2, 0) is 0 Å². The van der Waals surface area contributed by atoms with E-state index in [9.17, 15) is 0 Å². The molecule has 0 saturated carbocycles. The van der Waals surface area contributed by atoms with Gasteiger partial charge < -0.3 is 10.1 Å². The van der Waals surface area contributed by atoms with Crippen molar-refractivity contribution in [2.45, 2.75) is 32.2 Å². The SMILES string of the molecule is CNCCC1CCN(C(C)c2cccc(OC)c2)CC1. The maximum atomic E-state index is 5.33. The Hall–Kier alpha value is -1.06. The standard InChI is InChI=1S/C17H28N2O/c1-14(16-5-4-6-17(13-16)20-3)19-11-8-15(9-12-19)7-10-18-2/h4-6,13-15,18H,7-12H2,1-3H3. The molecule has 3 nitrogen and oxygen atoms in total. The Bertz CT molecular complexity index is 400. The zero-order valence-electron chi connectivity index (χ0n) is 13.1. The number of methoxy groups -OCH3 is 1. The van der Waals surface area contributed by atoms with Crippen molar-refractivity contribution in [3.05, 3.63) is 29.8 Å². The van der Waals surface area contributed by atoms with Crippen molar-refractivity contribution in [2.24, 2.45) is 5.92 Å². The van der Waals surface area contributed by atoms with Gasteiger partial charge in [-0.3, -0.25) is 4.90 Å². The number of hydrogen-bond acceptors (Lipinski definition) is 3. The third-order valence-electron chi connectivity index (χ3n) is 4.58. The Balaban J connectivity index is 1.89. The molecular formula is C17H28N2O. The minimum atomic E-state index is 0.482. The van der Waals surface area contributed by atoms with Crippen LogP contribution in [0.1, 0.15) is 37.8 Å². The molecule has 1 heterocycles. The number of rotatable bonds is 6. The van der Waals surface area contributed by atoms with Gasteiger partial charge in [-0.15, -0.1) is 0 Å². The van der Waals surface area contributed by atoms with Gasteiger partial charge in [0, 0.05) is 6.04 Å². The lowest BCUT2D eigenvalue weighted by molar-refractivity contribution is 0.137. The van der Waals surface area contributed by atoms with Crippen LogP contribution in [0.3, 0.4) is 0 Å². The first-order valence-electron chi connectivity index (χ1n) is 7.77. The number of piperidine rings is 1. The second-order valence-corrected chi connectivity index (χ2v) is 5.82. The van der Waals surface area contributed by atoms with E-state index in [1.165, 1.54) is 37.9 Å². The van der Waals surface area contributed by atoms with Crippen molar-refractivity contribution < 1.29 is 4.74 Å². The molecule has 0 amide bonds. The number of likely N-dealkylation sites (tertiary alicyclic amines) is 1. The maximum Gasteiger partial charge on any atom is 0.119 e. The van der Waals surface area contributed by atoms with Crippen LogP contribution in [0.4, 0.5) is 0 Å². The summed E-state index contributed by atoms with van der Waals surface area (Å²) in [4.78, 5) is 2.60. The van der Waals surface area contributed by atoms with Crippen molar-refractivity contribution in [2.75, 3.05) is 33.8 Å². The van der Waals surface area contributed by atoms with Crippen LogP contribution in [0.2, 0.25) is 0 Å². The summed E-state index contributed by atoms with van der Waals surface area (Å²) in [6.07, 6.45) is 3.98. The van der Waals surface area contributed by atoms with E-state index in [1.54, 1.807) is 7.11 Å². The Morgan fingerprint density at radius 2 is 2.10 bits per heavy atom. The average molecular weight is 276 g/mol. The van der Waals surface area contributed by atoms with Crippen molar-refractivity contribution in [3.63, 3.8) is 0 Å². The minimum Gasteiger partial charge on any atom is -0.497 e.